The van der Waals surface area contributed by atoms with Gasteiger partial charge in [0.05, 0.1) is 0 Å². The zero-order chi connectivity index (χ0) is 10.7. The lowest BCUT2D eigenvalue weighted by Crippen LogP contribution is -2.33. The first-order chi connectivity index (χ1) is 7.33. The Bertz CT molecular complexity index is 322. The predicted octanol–water partition coefficient (Wildman–Crippen LogP) is 2.94. The van der Waals surface area contributed by atoms with Gasteiger partial charge in [-0.25, -0.2) is 0 Å². The van der Waals surface area contributed by atoms with Crippen LogP contribution >= 0.6 is 0 Å². The molecule has 0 radical (unpaired) electrons. The largest absolute Gasteiger partial charge is 0.297 e. The summed E-state index contributed by atoms with van der Waals surface area (Å²) in [5.41, 5.74) is 2.63. The number of nitrogens with zero attached hydrogens (tertiary/aromatic N) is 2. The number of hydrogen-bond donors (Lipinski definition) is 0. The average molecular weight is 204 g/mol. The molecule has 1 fully saturated rings. The summed E-state index contributed by atoms with van der Waals surface area (Å²) in [7, 11) is 0. The van der Waals surface area contributed by atoms with E-state index in [2.05, 4.69) is 35.9 Å². The molecule has 1 atom stereocenters. The maximum atomic E-state index is 4.40. The Morgan fingerprint density at radius 1 is 1.47 bits per heavy atom. The molecule has 1 aliphatic rings. The van der Waals surface area contributed by atoms with Crippen molar-refractivity contribution >= 4 is 0 Å². The number of rotatable bonds is 2. The summed E-state index contributed by atoms with van der Waals surface area (Å²) >= 11 is 0. The van der Waals surface area contributed by atoms with E-state index in [1.165, 1.54) is 37.1 Å². The first kappa shape index (κ1) is 10.6. The van der Waals surface area contributed by atoms with E-state index in [1.807, 2.05) is 6.20 Å². The fraction of sp³-hybridized carbons (Fsp3) is 0.615. The lowest BCUT2D eigenvalue weighted by Gasteiger charge is -2.35. The van der Waals surface area contributed by atoms with Gasteiger partial charge in [-0.05, 0) is 44.5 Å². The molecule has 82 valence electrons. The van der Waals surface area contributed by atoms with E-state index in [0.717, 1.165) is 6.54 Å². The minimum atomic E-state index is 0.609. The van der Waals surface area contributed by atoms with Crippen molar-refractivity contribution in [1.29, 1.82) is 0 Å². The van der Waals surface area contributed by atoms with Crippen LogP contribution in [0.15, 0.2) is 18.3 Å². The minimum absolute atomic E-state index is 0.609. The van der Waals surface area contributed by atoms with Gasteiger partial charge in [-0.2, -0.15) is 0 Å². The zero-order valence-corrected chi connectivity index (χ0v) is 9.74. The van der Waals surface area contributed by atoms with Gasteiger partial charge in [0.1, 0.15) is 0 Å². The molecule has 0 aliphatic carbocycles. The monoisotopic (exact) mass is 204 g/mol. The van der Waals surface area contributed by atoms with E-state index in [4.69, 9.17) is 0 Å². The number of aromatic nitrogens is 1. The third kappa shape index (κ3) is 2.20. The lowest BCUT2D eigenvalue weighted by atomic mass is 9.94. The molecule has 1 aromatic rings. The average Bonchev–Trinajstić information content (AvgIpc) is 2.30. The Balaban J connectivity index is 2.24. The van der Waals surface area contributed by atoms with Crippen LogP contribution in [-0.4, -0.2) is 23.0 Å². The summed E-state index contributed by atoms with van der Waals surface area (Å²) in [6.45, 7) is 6.77. The Hall–Kier alpha value is -0.890. The van der Waals surface area contributed by atoms with E-state index in [0.29, 0.717) is 6.04 Å². The Morgan fingerprint density at radius 2 is 2.33 bits per heavy atom. The van der Waals surface area contributed by atoms with Gasteiger partial charge in [-0.1, -0.05) is 19.4 Å². The van der Waals surface area contributed by atoms with Crippen molar-refractivity contribution < 1.29 is 0 Å². The molecule has 1 aromatic heterocycles. The highest BCUT2D eigenvalue weighted by Crippen LogP contribution is 2.31. The molecule has 0 saturated carbocycles. The van der Waals surface area contributed by atoms with Gasteiger partial charge in [0.25, 0.3) is 0 Å². The molecule has 2 heteroatoms. The third-order valence-electron chi connectivity index (χ3n) is 3.43. The van der Waals surface area contributed by atoms with Gasteiger partial charge in [-0.3, -0.25) is 9.88 Å². The summed E-state index contributed by atoms with van der Waals surface area (Å²) < 4.78 is 0. The van der Waals surface area contributed by atoms with Crippen LogP contribution in [0.25, 0.3) is 0 Å². The quantitative estimate of drug-likeness (QED) is 0.736. The van der Waals surface area contributed by atoms with Crippen LogP contribution < -0.4 is 0 Å². The van der Waals surface area contributed by atoms with Crippen LogP contribution in [0.1, 0.15) is 43.5 Å². The van der Waals surface area contributed by atoms with Crippen LogP contribution in [0.4, 0.5) is 0 Å². The molecule has 2 nitrogen and oxygen atoms in total. The molecule has 0 N–H and O–H groups in total. The Morgan fingerprint density at radius 3 is 3.07 bits per heavy atom. The SMILES string of the molecule is CCN1CCCC[C@@H]1c1cccnc1C. The van der Waals surface area contributed by atoms with E-state index in [1.54, 1.807) is 0 Å². The lowest BCUT2D eigenvalue weighted by molar-refractivity contribution is 0.156. The van der Waals surface area contributed by atoms with Crippen LogP contribution in [0, 0.1) is 6.92 Å². The van der Waals surface area contributed by atoms with E-state index in [-0.39, 0.29) is 0 Å². The molecule has 1 saturated heterocycles. The molecular formula is C13H20N2. The highest BCUT2D eigenvalue weighted by Gasteiger charge is 2.23. The van der Waals surface area contributed by atoms with Crippen LogP contribution in [0.5, 0.6) is 0 Å². The van der Waals surface area contributed by atoms with Gasteiger partial charge in [0, 0.05) is 17.9 Å². The summed E-state index contributed by atoms with van der Waals surface area (Å²) in [6, 6.07) is 4.91. The van der Waals surface area contributed by atoms with E-state index >= 15 is 0 Å². The molecule has 1 aliphatic heterocycles. The first-order valence-corrected chi connectivity index (χ1v) is 5.98. The fourth-order valence-electron chi connectivity index (χ4n) is 2.57. The highest BCUT2D eigenvalue weighted by molar-refractivity contribution is 5.23. The summed E-state index contributed by atoms with van der Waals surface area (Å²) in [5, 5.41) is 0. The van der Waals surface area contributed by atoms with Gasteiger partial charge in [-0.15, -0.1) is 0 Å². The second-order valence-electron chi connectivity index (χ2n) is 4.32. The maximum absolute atomic E-state index is 4.40. The van der Waals surface area contributed by atoms with Gasteiger partial charge in [0.2, 0.25) is 0 Å². The highest BCUT2D eigenvalue weighted by atomic mass is 15.2. The molecule has 2 heterocycles. The van der Waals surface area contributed by atoms with Crippen LogP contribution in [0.3, 0.4) is 0 Å². The van der Waals surface area contributed by atoms with E-state index in [9.17, 15) is 0 Å². The molecule has 0 bridgehead atoms. The van der Waals surface area contributed by atoms with Crippen LogP contribution in [-0.2, 0) is 0 Å². The number of likely N-dealkylation sites (tertiary alicyclic amines) is 1. The van der Waals surface area contributed by atoms with Gasteiger partial charge < -0.3 is 0 Å². The van der Waals surface area contributed by atoms with Crippen molar-refractivity contribution in [2.24, 2.45) is 0 Å². The van der Waals surface area contributed by atoms with Crippen molar-refractivity contribution in [3.05, 3.63) is 29.6 Å². The number of piperidine rings is 1. The summed E-state index contributed by atoms with van der Waals surface area (Å²) in [5.74, 6) is 0. The fourth-order valence-corrected chi connectivity index (χ4v) is 2.57. The Kier molecular flexibility index (Phi) is 3.37. The standard InChI is InChI=1S/C13H20N2/c1-3-15-10-5-4-8-13(15)12-7-6-9-14-11(12)2/h6-7,9,13H,3-5,8,10H2,1-2H3/t13-/m1/s1. The van der Waals surface area contributed by atoms with E-state index < -0.39 is 0 Å². The third-order valence-corrected chi connectivity index (χ3v) is 3.43. The predicted molar refractivity (Wildman–Crippen MR) is 62.8 cm³/mol. The second-order valence-corrected chi connectivity index (χ2v) is 4.32. The maximum Gasteiger partial charge on any atom is 0.0420 e. The molecular weight excluding hydrogens is 184 g/mol. The zero-order valence-electron chi connectivity index (χ0n) is 9.74. The topological polar surface area (TPSA) is 16.1 Å². The Labute approximate surface area is 92.3 Å². The van der Waals surface area contributed by atoms with Crippen molar-refractivity contribution in [2.45, 2.75) is 39.2 Å². The summed E-state index contributed by atoms with van der Waals surface area (Å²) in [6.07, 6.45) is 5.89. The minimum Gasteiger partial charge on any atom is -0.297 e. The smallest absolute Gasteiger partial charge is 0.0420 e. The number of hydrogen-bond acceptors (Lipinski definition) is 2. The molecule has 0 aromatic carbocycles. The van der Waals surface area contributed by atoms with Gasteiger partial charge >= 0.3 is 0 Å². The number of pyridine rings is 1. The first-order valence-electron chi connectivity index (χ1n) is 5.98. The van der Waals surface area contributed by atoms with Crippen molar-refractivity contribution in [2.75, 3.05) is 13.1 Å². The molecule has 15 heavy (non-hydrogen) atoms. The van der Waals surface area contributed by atoms with Crippen LogP contribution in [0.2, 0.25) is 0 Å². The molecule has 0 unspecified atom stereocenters. The molecule has 2 rings (SSSR count). The number of aryl methyl sites for hydroxylation is 1. The van der Waals surface area contributed by atoms with Crippen molar-refractivity contribution in [1.82, 2.24) is 9.88 Å². The molecule has 0 amide bonds. The van der Waals surface area contributed by atoms with Gasteiger partial charge in [0.15, 0.2) is 0 Å². The normalized spacial score (nSPS) is 22.9. The second kappa shape index (κ2) is 4.75. The van der Waals surface area contributed by atoms with Crippen molar-refractivity contribution in [3.63, 3.8) is 0 Å². The summed E-state index contributed by atoms with van der Waals surface area (Å²) in [4.78, 5) is 6.97. The van der Waals surface area contributed by atoms with Crippen molar-refractivity contribution in [3.8, 4) is 0 Å². The molecule has 0 spiro atoms.